The molecule has 39 heavy (non-hydrogen) atoms. The van der Waals surface area contributed by atoms with E-state index in [9.17, 15) is 20.6 Å². The molecule has 0 aliphatic carbocycles. The maximum atomic E-state index is 11.0. The second-order valence-electron chi connectivity index (χ2n) is 10.5. The number of benzene rings is 2. The fourth-order valence-corrected chi connectivity index (χ4v) is 4.87. The first-order valence-electron chi connectivity index (χ1n) is 13.0. The summed E-state index contributed by atoms with van der Waals surface area (Å²) in [6.07, 6.45) is 0.264. The summed E-state index contributed by atoms with van der Waals surface area (Å²) in [5.41, 5.74) is 2.53. The summed E-state index contributed by atoms with van der Waals surface area (Å²) in [4.78, 5) is 8.75. The van der Waals surface area contributed by atoms with Crippen molar-refractivity contribution in [2.45, 2.75) is 44.6 Å². The van der Waals surface area contributed by atoms with Gasteiger partial charge in [0.2, 0.25) is 0 Å². The average molecular weight is 551 g/mol. The highest BCUT2D eigenvalue weighted by molar-refractivity contribution is 6.30. The first kappa shape index (κ1) is 28.8. The van der Waals surface area contributed by atoms with Crippen LogP contribution in [0.1, 0.15) is 55.3 Å². The molecule has 2 heterocycles. The SMILES string of the molecule is C[C@H](O)COc1ccc(N2CCN(C[C@@H](O)c3ccc(C(C)(C)O)nc3)C[C@H]2c2ccc(Cl)cc2)c(C#N)c1. The third kappa shape index (κ3) is 7.27. The van der Waals surface area contributed by atoms with Crippen molar-refractivity contribution in [3.8, 4) is 11.8 Å². The van der Waals surface area contributed by atoms with E-state index in [1.807, 2.05) is 36.4 Å². The van der Waals surface area contributed by atoms with Gasteiger partial charge in [-0.15, -0.1) is 0 Å². The molecule has 206 valence electrons. The highest BCUT2D eigenvalue weighted by atomic mass is 35.5. The van der Waals surface area contributed by atoms with Gasteiger partial charge in [-0.3, -0.25) is 9.88 Å². The highest BCUT2D eigenvalue weighted by Gasteiger charge is 2.31. The molecule has 2 aromatic carbocycles. The molecule has 0 radical (unpaired) electrons. The number of nitriles is 1. The molecule has 1 aromatic heterocycles. The topological polar surface area (TPSA) is 113 Å². The Morgan fingerprint density at radius 2 is 1.87 bits per heavy atom. The molecular formula is C30H35ClN4O4. The van der Waals surface area contributed by atoms with Gasteiger partial charge in [-0.05, 0) is 62.7 Å². The first-order chi connectivity index (χ1) is 18.5. The summed E-state index contributed by atoms with van der Waals surface area (Å²) in [5.74, 6) is 0.533. The fraction of sp³-hybridized carbons (Fsp3) is 0.400. The molecule has 3 atom stereocenters. The number of nitrogens with zero attached hydrogens (tertiary/aromatic N) is 4. The molecule has 9 heteroatoms. The zero-order valence-corrected chi connectivity index (χ0v) is 23.2. The van der Waals surface area contributed by atoms with Crippen molar-refractivity contribution in [3.63, 3.8) is 0 Å². The number of hydrogen-bond acceptors (Lipinski definition) is 8. The molecule has 1 aliphatic heterocycles. The first-order valence-corrected chi connectivity index (χ1v) is 13.4. The van der Waals surface area contributed by atoms with Crippen LogP contribution in [0.3, 0.4) is 0 Å². The lowest BCUT2D eigenvalue weighted by Gasteiger charge is -2.44. The standard InChI is InChI=1S/C30H35ClN4O4/c1-20(36)19-39-25-9-10-26(23(14-25)15-32)35-13-12-34(17-27(35)21-4-7-24(31)8-5-21)18-28(37)22-6-11-29(33-16-22)30(2,3)38/h4-11,14,16,20,27-28,36-38H,12-13,17-19H2,1-3H3/t20-,27-,28+/m0/s1. The molecule has 1 aliphatic rings. The Morgan fingerprint density at radius 1 is 1.13 bits per heavy atom. The molecule has 0 bridgehead atoms. The smallest absolute Gasteiger partial charge is 0.120 e. The molecule has 0 saturated carbocycles. The Labute approximate surface area is 234 Å². The normalized spacial score (nSPS) is 17.9. The van der Waals surface area contributed by atoms with Gasteiger partial charge in [0.1, 0.15) is 24.0 Å². The molecule has 4 rings (SSSR count). The van der Waals surface area contributed by atoms with Gasteiger partial charge >= 0.3 is 0 Å². The molecule has 3 N–H and O–H groups in total. The third-order valence-electron chi connectivity index (χ3n) is 6.84. The van der Waals surface area contributed by atoms with Gasteiger partial charge < -0.3 is 25.0 Å². The summed E-state index contributed by atoms with van der Waals surface area (Å²) in [7, 11) is 0. The number of aliphatic hydroxyl groups is 3. The Bertz CT molecular complexity index is 1290. The number of pyridine rings is 1. The van der Waals surface area contributed by atoms with Crippen molar-refractivity contribution in [2.24, 2.45) is 0 Å². The van der Waals surface area contributed by atoms with Crippen LogP contribution in [0.15, 0.2) is 60.8 Å². The number of aromatic nitrogens is 1. The van der Waals surface area contributed by atoms with Gasteiger partial charge in [0, 0.05) is 43.0 Å². The Hall–Kier alpha value is -3.19. The van der Waals surface area contributed by atoms with Gasteiger partial charge in [0.25, 0.3) is 0 Å². The Kier molecular flexibility index (Phi) is 9.11. The Morgan fingerprint density at radius 3 is 2.49 bits per heavy atom. The van der Waals surface area contributed by atoms with Crippen molar-refractivity contribution in [3.05, 3.63) is 88.2 Å². The van der Waals surface area contributed by atoms with E-state index in [4.69, 9.17) is 16.3 Å². The third-order valence-corrected chi connectivity index (χ3v) is 7.09. The summed E-state index contributed by atoms with van der Waals surface area (Å²) in [6.45, 7) is 7.51. The predicted molar refractivity (Wildman–Crippen MR) is 151 cm³/mol. The Balaban J connectivity index is 1.56. The molecule has 1 fully saturated rings. The van der Waals surface area contributed by atoms with Crippen LogP contribution in [0.5, 0.6) is 5.75 Å². The summed E-state index contributed by atoms with van der Waals surface area (Å²) < 4.78 is 5.62. The number of piperazine rings is 1. The van der Waals surface area contributed by atoms with Crippen molar-refractivity contribution in [1.29, 1.82) is 5.26 Å². The number of β-amino-alcohol motifs (C(OH)–C–C–N with tert-alkyl or cyclic N) is 1. The van der Waals surface area contributed by atoms with Crippen LogP contribution in [-0.4, -0.2) is 64.1 Å². The average Bonchev–Trinajstić information content (AvgIpc) is 2.92. The van der Waals surface area contributed by atoms with Gasteiger partial charge in [0.05, 0.1) is 35.2 Å². The molecule has 1 saturated heterocycles. The monoisotopic (exact) mass is 550 g/mol. The number of halogens is 1. The molecule has 0 amide bonds. The van der Waals surface area contributed by atoms with E-state index in [2.05, 4.69) is 20.9 Å². The van der Waals surface area contributed by atoms with Crippen LogP contribution in [0.25, 0.3) is 0 Å². The highest BCUT2D eigenvalue weighted by Crippen LogP contribution is 2.35. The zero-order valence-electron chi connectivity index (χ0n) is 22.5. The largest absolute Gasteiger partial charge is 0.491 e. The fourth-order valence-electron chi connectivity index (χ4n) is 4.74. The van der Waals surface area contributed by atoms with Crippen LogP contribution in [0, 0.1) is 11.3 Å². The van der Waals surface area contributed by atoms with Gasteiger partial charge in [0.15, 0.2) is 0 Å². The van der Waals surface area contributed by atoms with Crippen molar-refractivity contribution >= 4 is 17.3 Å². The molecular weight excluding hydrogens is 516 g/mol. The van der Waals surface area contributed by atoms with E-state index in [-0.39, 0.29) is 12.6 Å². The minimum Gasteiger partial charge on any atom is -0.491 e. The summed E-state index contributed by atoms with van der Waals surface area (Å²) >= 11 is 6.17. The second-order valence-corrected chi connectivity index (χ2v) is 11.0. The zero-order chi connectivity index (χ0) is 28.2. The van der Waals surface area contributed by atoms with E-state index in [0.29, 0.717) is 53.8 Å². The minimum atomic E-state index is -1.05. The van der Waals surface area contributed by atoms with E-state index < -0.39 is 17.8 Å². The van der Waals surface area contributed by atoms with E-state index in [1.165, 1.54) is 0 Å². The number of aliphatic hydroxyl groups excluding tert-OH is 2. The molecule has 8 nitrogen and oxygen atoms in total. The maximum absolute atomic E-state index is 11.0. The van der Waals surface area contributed by atoms with Gasteiger partial charge in [-0.25, -0.2) is 0 Å². The van der Waals surface area contributed by atoms with E-state index >= 15 is 0 Å². The molecule has 0 spiro atoms. The molecule has 0 unspecified atom stereocenters. The van der Waals surface area contributed by atoms with Crippen LogP contribution >= 0.6 is 11.6 Å². The lowest BCUT2D eigenvalue weighted by atomic mass is 9.99. The second kappa shape index (κ2) is 12.3. The van der Waals surface area contributed by atoms with Crippen molar-refractivity contribution < 1.29 is 20.1 Å². The van der Waals surface area contributed by atoms with Crippen LogP contribution in [0.4, 0.5) is 5.69 Å². The van der Waals surface area contributed by atoms with Gasteiger partial charge in [-0.2, -0.15) is 5.26 Å². The summed E-state index contributed by atoms with van der Waals surface area (Å²) in [6, 6.07) is 18.9. The van der Waals surface area contributed by atoms with Crippen LogP contribution < -0.4 is 9.64 Å². The number of hydrogen-bond donors (Lipinski definition) is 3. The minimum absolute atomic E-state index is 0.0877. The lowest BCUT2D eigenvalue weighted by molar-refractivity contribution is 0.0732. The van der Waals surface area contributed by atoms with Crippen LogP contribution in [0.2, 0.25) is 5.02 Å². The quantitative estimate of drug-likeness (QED) is 0.363. The van der Waals surface area contributed by atoms with Crippen LogP contribution in [-0.2, 0) is 5.60 Å². The number of anilines is 1. The van der Waals surface area contributed by atoms with Crippen molar-refractivity contribution in [2.75, 3.05) is 37.7 Å². The number of ether oxygens (including phenoxy) is 1. The predicted octanol–water partition coefficient (Wildman–Crippen LogP) is 4.19. The van der Waals surface area contributed by atoms with Crippen molar-refractivity contribution in [1.82, 2.24) is 9.88 Å². The lowest BCUT2D eigenvalue weighted by Crippen LogP contribution is -2.49. The number of rotatable bonds is 9. The maximum Gasteiger partial charge on any atom is 0.120 e. The van der Waals surface area contributed by atoms with Gasteiger partial charge in [-0.1, -0.05) is 29.8 Å². The summed E-state index contributed by atoms with van der Waals surface area (Å²) in [5, 5.41) is 41.3. The molecule has 3 aromatic rings. The van der Waals surface area contributed by atoms with E-state index in [1.54, 1.807) is 45.2 Å². The van der Waals surface area contributed by atoms with E-state index in [0.717, 1.165) is 11.3 Å².